The molecule has 2 aliphatic rings. The van der Waals surface area contributed by atoms with Crippen LogP contribution >= 0.6 is 0 Å². The van der Waals surface area contributed by atoms with Gasteiger partial charge in [0.1, 0.15) is 11.9 Å². The number of benzene rings is 1. The quantitative estimate of drug-likeness (QED) is 0.837. The number of nitrogens with two attached hydrogens (primary N) is 1. The van der Waals surface area contributed by atoms with E-state index in [1.54, 1.807) is 12.1 Å². The lowest BCUT2D eigenvalue weighted by Crippen LogP contribution is -2.32. The van der Waals surface area contributed by atoms with Gasteiger partial charge in [0, 0.05) is 25.2 Å². The molecule has 0 saturated carbocycles. The summed E-state index contributed by atoms with van der Waals surface area (Å²) < 4.78 is 19.8. The molecule has 26 heavy (non-hydrogen) atoms. The van der Waals surface area contributed by atoms with Crippen LogP contribution in [0.1, 0.15) is 26.2 Å². The Morgan fingerprint density at radius 3 is 2.69 bits per heavy atom. The van der Waals surface area contributed by atoms with Crippen LogP contribution in [0.4, 0.5) is 20.6 Å². The molecular formula is C19H23FN4O2. The third-order valence-corrected chi connectivity index (χ3v) is 5.00. The third kappa shape index (κ3) is 3.51. The smallest absolute Gasteiger partial charge is 0.414 e. The van der Waals surface area contributed by atoms with Gasteiger partial charge in [-0.3, -0.25) is 4.90 Å². The number of nitrogens with zero attached hydrogens (tertiary/aromatic N) is 3. The van der Waals surface area contributed by atoms with E-state index in [4.69, 9.17) is 15.7 Å². The Morgan fingerprint density at radius 1 is 1.42 bits per heavy atom. The number of amides is 1. The molecule has 2 N–H and O–H groups in total. The molecule has 0 radical (unpaired) electrons. The first-order valence-corrected chi connectivity index (χ1v) is 8.91. The number of rotatable bonds is 4. The van der Waals surface area contributed by atoms with Gasteiger partial charge >= 0.3 is 6.09 Å². The minimum atomic E-state index is -0.496. The maximum atomic E-state index is 14.7. The minimum Gasteiger partial charge on any atom is -0.443 e. The molecule has 3 rings (SSSR count). The molecule has 0 aromatic heterocycles. The number of carbonyl (C=O) groups is 1. The molecule has 0 unspecified atom stereocenters. The molecule has 0 spiro atoms. The number of carbonyl (C=O) groups excluding carboxylic acids is 1. The predicted octanol–water partition coefficient (Wildman–Crippen LogP) is 2.94. The summed E-state index contributed by atoms with van der Waals surface area (Å²) in [6.45, 7) is 3.92. The Morgan fingerprint density at radius 2 is 2.15 bits per heavy atom. The molecule has 2 saturated heterocycles. The van der Waals surface area contributed by atoms with Crippen LogP contribution in [0.5, 0.6) is 0 Å². The number of piperidine rings is 1. The highest BCUT2D eigenvalue weighted by molar-refractivity contribution is 5.90. The van der Waals surface area contributed by atoms with Crippen molar-refractivity contribution in [3.8, 4) is 6.07 Å². The van der Waals surface area contributed by atoms with Crippen LogP contribution < -0.4 is 15.5 Å². The van der Waals surface area contributed by atoms with E-state index in [0.717, 1.165) is 24.8 Å². The van der Waals surface area contributed by atoms with Gasteiger partial charge in [0.05, 0.1) is 24.0 Å². The normalized spacial score (nSPS) is 20.2. The molecule has 1 aromatic carbocycles. The van der Waals surface area contributed by atoms with Crippen molar-refractivity contribution in [3.05, 3.63) is 35.2 Å². The summed E-state index contributed by atoms with van der Waals surface area (Å²) >= 11 is 0. The van der Waals surface area contributed by atoms with Gasteiger partial charge in [-0.1, -0.05) is 12.5 Å². The molecule has 138 valence electrons. The fourth-order valence-electron chi connectivity index (χ4n) is 3.50. The van der Waals surface area contributed by atoms with Crippen molar-refractivity contribution in [1.29, 1.82) is 5.26 Å². The number of nitriles is 1. The first kappa shape index (κ1) is 18.2. The van der Waals surface area contributed by atoms with Crippen molar-refractivity contribution in [3.63, 3.8) is 0 Å². The highest BCUT2D eigenvalue weighted by atomic mass is 19.1. The molecule has 0 aliphatic carbocycles. The van der Waals surface area contributed by atoms with E-state index in [2.05, 4.69) is 6.07 Å². The average Bonchev–Trinajstić information content (AvgIpc) is 3.04. The summed E-state index contributed by atoms with van der Waals surface area (Å²) in [5, 5.41) is 9.17. The summed E-state index contributed by atoms with van der Waals surface area (Å²) in [4.78, 5) is 15.3. The van der Waals surface area contributed by atoms with E-state index in [0.29, 0.717) is 31.0 Å². The Bertz CT molecular complexity index is 761. The van der Waals surface area contributed by atoms with Gasteiger partial charge in [-0.05, 0) is 37.5 Å². The van der Waals surface area contributed by atoms with E-state index in [1.807, 2.05) is 11.8 Å². The molecule has 1 amide bonds. The van der Waals surface area contributed by atoms with Crippen molar-refractivity contribution in [1.82, 2.24) is 0 Å². The molecule has 2 fully saturated rings. The summed E-state index contributed by atoms with van der Waals surface area (Å²) in [5.41, 5.74) is 8.55. The van der Waals surface area contributed by atoms with Gasteiger partial charge in [-0.2, -0.15) is 5.26 Å². The van der Waals surface area contributed by atoms with E-state index >= 15 is 0 Å². The topological polar surface area (TPSA) is 82.6 Å². The van der Waals surface area contributed by atoms with Gasteiger partial charge < -0.3 is 15.4 Å². The van der Waals surface area contributed by atoms with E-state index in [9.17, 15) is 9.18 Å². The van der Waals surface area contributed by atoms with Crippen LogP contribution in [0.25, 0.3) is 0 Å². The summed E-state index contributed by atoms with van der Waals surface area (Å²) in [6, 6.07) is 7.07. The molecule has 0 bridgehead atoms. The summed E-state index contributed by atoms with van der Waals surface area (Å²) in [6.07, 6.45) is 1.43. The Balaban J connectivity index is 1.73. The van der Waals surface area contributed by atoms with Crippen LogP contribution in [0, 0.1) is 17.1 Å². The van der Waals surface area contributed by atoms with Crippen molar-refractivity contribution in [2.45, 2.75) is 32.3 Å². The number of halogens is 1. The lowest BCUT2D eigenvalue weighted by molar-refractivity contribution is 0.145. The van der Waals surface area contributed by atoms with Crippen LogP contribution in [-0.4, -0.2) is 38.4 Å². The number of hydrogen-bond acceptors (Lipinski definition) is 5. The van der Waals surface area contributed by atoms with E-state index in [1.165, 1.54) is 16.5 Å². The molecular weight excluding hydrogens is 335 g/mol. The molecule has 2 aliphatic heterocycles. The van der Waals surface area contributed by atoms with Gasteiger partial charge in [0.15, 0.2) is 0 Å². The first-order chi connectivity index (χ1) is 12.6. The molecule has 1 atom stereocenters. The Labute approximate surface area is 152 Å². The van der Waals surface area contributed by atoms with Crippen molar-refractivity contribution in [2.24, 2.45) is 5.73 Å². The predicted molar refractivity (Wildman–Crippen MR) is 97.4 cm³/mol. The molecule has 7 heteroatoms. The fourth-order valence-corrected chi connectivity index (χ4v) is 3.50. The summed E-state index contributed by atoms with van der Waals surface area (Å²) in [7, 11) is 0. The van der Waals surface area contributed by atoms with Gasteiger partial charge in [0.25, 0.3) is 0 Å². The molecule has 1 aromatic rings. The Kier molecular flexibility index (Phi) is 5.43. The van der Waals surface area contributed by atoms with Crippen molar-refractivity contribution >= 4 is 17.5 Å². The van der Waals surface area contributed by atoms with Gasteiger partial charge in [-0.25, -0.2) is 9.18 Å². The van der Waals surface area contributed by atoms with Crippen LogP contribution in [-0.2, 0) is 4.74 Å². The molecule has 6 nitrogen and oxygen atoms in total. The zero-order valence-corrected chi connectivity index (χ0v) is 14.9. The zero-order valence-electron chi connectivity index (χ0n) is 14.9. The maximum Gasteiger partial charge on any atom is 0.414 e. The van der Waals surface area contributed by atoms with E-state index < -0.39 is 6.09 Å². The van der Waals surface area contributed by atoms with Crippen LogP contribution in [0.15, 0.2) is 29.3 Å². The standard InChI is InChI=1S/C19H23FN4O2/c1-2-13(10-21)14-5-7-23(8-6-14)18-4-3-15(9-17(18)20)24-12-16(11-22)26-19(24)25/h3-4,9,16H,2,5-8,11-12,22H2,1H3/t16-/m0/s1. The average molecular weight is 358 g/mol. The molecule has 2 heterocycles. The van der Waals surface area contributed by atoms with Gasteiger partial charge in [-0.15, -0.1) is 0 Å². The third-order valence-electron chi connectivity index (χ3n) is 5.00. The SMILES string of the molecule is CCC(C#N)=C1CCN(c2ccc(N3C[C@H](CN)OC3=O)cc2F)CC1. The Hall–Kier alpha value is -2.59. The largest absolute Gasteiger partial charge is 0.443 e. The second-order valence-electron chi connectivity index (χ2n) is 6.52. The monoisotopic (exact) mass is 358 g/mol. The highest BCUT2D eigenvalue weighted by Gasteiger charge is 2.32. The number of hydrogen-bond donors (Lipinski definition) is 1. The second kappa shape index (κ2) is 7.75. The fraction of sp³-hybridized carbons (Fsp3) is 0.474. The van der Waals surface area contributed by atoms with Crippen molar-refractivity contribution < 1.29 is 13.9 Å². The summed E-state index contributed by atoms with van der Waals surface area (Å²) in [5.74, 6) is -0.366. The highest BCUT2D eigenvalue weighted by Crippen LogP contribution is 2.31. The first-order valence-electron chi connectivity index (χ1n) is 8.91. The van der Waals surface area contributed by atoms with Crippen LogP contribution in [0.3, 0.4) is 0 Å². The number of ether oxygens (including phenoxy) is 1. The lowest BCUT2D eigenvalue weighted by Gasteiger charge is -2.31. The number of anilines is 2. The van der Waals surface area contributed by atoms with Gasteiger partial charge in [0.2, 0.25) is 0 Å². The number of allylic oxidation sites excluding steroid dienone is 1. The van der Waals surface area contributed by atoms with Crippen molar-refractivity contribution in [2.75, 3.05) is 36.0 Å². The van der Waals surface area contributed by atoms with Crippen LogP contribution in [0.2, 0.25) is 0 Å². The zero-order chi connectivity index (χ0) is 18.7. The minimum absolute atomic E-state index is 0.245. The van der Waals surface area contributed by atoms with E-state index in [-0.39, 0.29) is 18.5 Å². The second-order valence-corrected chi connectivity index (χ2v) is 6.52. The maximum absolute atomic E-state index is 14.7. The number of cyclic esters (lactones) is 1. The lowest BCUT2D eigenvalue weighted by atomic mass is 9.96.